The molecule has 2 heteroatoms. The van der Waals surface area contributed by atoms with E-state index in [2.05, 4.69) is 43.4 Å². The molecule has 2 aliphatic rings. The minimum atomic E-state index is 0.396. The second-order valence-electron chi connectivity index (χ2n) is 7.14. The van der Waals surface area contributed by atoms with Crippen LogP contribution in [0.25, 0.3) is 0 Å². The van der Waals surface area contributed by atoms with E-state index in [0.717, 1.165) is 12.3 Å². The van der Waals surface area contributed by atoms with Gasteiger partial charge in [0.1, 0.15) is 5.75 Å². The summed E-state index contributed by atoms with van der Waals surface area (Å²) in [4.78, 5) is 0. The zero-order valence-corrected chi connectivity index (χ0v) is 13.5. The topological polar surface area (TPSA) is 21.3 Å². The summed E-state index contributed by atoms with van der Waals surface area (Å²) in [6.07, 6.45) is 9.52. The molecule has 1 unspecified atom stereocenters. The van der Waals surface area contributed by atoms with E-state index in [1.807, 2.05) is 0 Å². The molecule has 2 aliphatic carbocycles. The molecule has 0 saturated heterocycles. The summed E-state index contributed by atoms with van der Waals surface area (Å²) in [7, 11) is 0. The summed E-state index contributed by atoms with van der Waals surface area (Å²) in [5, 5.41) is 3.81. The molecular weight excluding hydrogens is 258 g/mol. The largest absolute Gasteiger partial charge is 0.490 e. The third-order valence-corrected chi connectivity index (χ3v) is 5.06. The predicted octanol–water partition coefficient (Wildman–Crippen LogP) is 4.85. The smallest absolute Gasteiger partial charge is 0.120 e. The van der Waals surface area contributed by atoms with Crippen LogP contribution in [0.1, 0.15) is 70.4 Å². The van der Waals surface area contributed by atoms with E-state index in [-0.39, 0.29) is 0 Å². The zero-order chi connectivity index (χ0) is 14.7. The van der Waals surface area contributed by atoms with Gasteiger partial charge in [-0.2, -0.15) is 0 Å². The van der Waals surface area contributed by atoms with Gasteiger partial charge in [0.05, 0.1) is 6.10 Å². The average molecular weight is 287 g/mol. The van der Waals surface area contributed by atoms with Crippen LogP contribution >= 0.6 is 0 Å². The lowest BCUT2D eigenvalue weighted by atomic mass is 9.77. The lowest BCUT2D eigenvalue weighted by molar-refractivity contribution is 0.222. The van der Waals surface area contributed by atoms with Gasteiger partial charge in [0.25, 0.3) is 0 Å². The number of nitrogens with one attached hydrogen (secondary N) is 1. The Kier molecular flexibility index (Phi) is 4.54. The van der Waals surface area contributed by atoms with Crippen LogP contribution in [0, 0.1) is 5.41 Å². The number of ether oxygens (including phenoxy) is 1. The molecule has 2 nitrogen and oxygen atoms in total. The Morgan fingerprint density at radius 2 is 2.05 bits per heavy atom. The molecule has 0 heterocycles. The maximum absolute atomic E-state index is 5.99. The van der Waals surface area contributed by atoms with Gasteiger partial charge < -0.3 is 10.1 Å². The fourth-order valence-electron chi connectivity index (χ4n) is 3.67. The summed E-state index contributed by atoms with van der Waals surface area (Å²) in [6.45, 7) is 5.80. The standard InChI is InChI=1S/C19H29NO/c1-3-13-20-18(19(2)11-4-5-12-19)15-7-6-8-17(14-15)21-16-9-10-16/h6-8,14,16,18,20H,3-5,9-13H2,1-2H3. The normalized spacial score (nSPS) is 22.2. The van der Waals surface area contributed by atoms with Gasteiger partial charge in [-0.25, -0.2) is 0 Å². The minimum Gasteiger partial charge on any atom is -0.490 e. The molecule has 2 saturated carbocycles. The number of benzene rings is 1. The van der Waals surface area contributed by atoms with Gasteiger partial charge in [0, 0.05) is 6.04 Å². The van der Waals surface area contributed by atoms with Gasteiger partial charge in [-0.1, -0.05) is 38.8 Å². The van der Waals surface area contributed by atoms with Crippen LogP contribution < -0.4 is 10.1 Å². The van der Waals surface area contributed by atoms with Crippen LogP contribution in [0.2, 0.25) is 0 Å². The monoisotopic (exact) mass is 287 g/mol. The van der Waals surface area contributed by atoms with Crippen molar-refractivity contribution >= 4 is 0 Å². The summed E-state index contributed by atoms with van der Waals surface area (Å²) >= 11 is 0. The third kappa shape index (κ3) is 3.60. The van der Waals surface area contributed by atoms with Gasteiger partial charge >= 0.3 is 0 Å². The van der Waals surface area contributed by atoms with Gasteiger partial charge in [-0.05, 0) is 61.8 Å². The van der Waals surface area contributed by atoms with E-state index in [4.69, 9.17) is 4.74 Å². The lowest BCUT2D eigenvalue weighted by Crippen LogP contribution is -2.35. The second kappa shape index (κ2) is 6.39. The molecule has 2 fully saturated rings. The summed E-state index contributed by atoms with van der Waals surface area (Å²) < 4.78 is 5.99. The van der Waals surface area contributed by atoms with Crippen LogP contribution in [0.5, 0.6) is 5.75 Å². The fraction of sp³-hybridized carbons (Fsp3) is 0.684. The van der Waals surface area contributed by atoms with Crippen molar-refractivity contribution in [3.8, 4) is 5.75 Å². The highest BCUT2D eigenvalue weighted by atomic mass is 16.5. The first kappa shape index (κ1) is 14.9. The summed E-state index contributed by atoms with van der Waals surface area (Å²) in [5.41, 5.74) is 1.80. The van der Waals surface area contributed by atoms with Gasteiger partial charge in [-0.15, -0.1) is 0 Å². The van der Waals surface area contributed by atoms with Crippen molar-refractivity contribution in [2.24, 2.45) is 5.41 Å². The molecule has 0 radical (unpaired) electrons. The van der Waals surface area contributed by atoms with Crippen molar-refractivity contribution in [2.75, 3.05) is 6.54 Å². The molecule has 116 valence electrons. The molecule has 0 aromatic heterocycles. The Labute approximate surface area is 129 Å². The average Bonchev–Trinajstić information content (AvgIpc) is 3.18. The molecule has 0 aliphatic heterocycles. The number of hydrogen-bond acceptors (Lipinski definition) is 2. The van der Waals surface area contributed by atoms with Crippen LogP contribution in [-0.4, -0.2) is 12.6 Å². The number of rotatable bonds is 7. The van der Waals surface area contributed by atoms with E-state index in [1.54, 1.807) is 0 Å². The van der Waals surface area contributed by atoms with E-state index in [0.29, 0.717) is 17.6 Å². The third-order valence-electron chi connectivity index (χ3n) is 5.06. The van der Waals surface area contributed by atoms with Crippen molar-refractivity contribution in [1.29, 1.82) is 0 Å². The molecule has 0 amide bonds. The van der Waals surface area contributed by atoms with Crippen LogP contribution in [-0.2, 0) is 0 Å². The van der Waals surface area contributed by atoms with Crippen molar-refractivity contribution < 1.29 is 4.74 Å². The van der Waals surface area contributed by atoms with E-state index in [9.17, 15) is 0 Å². The van der Waals surface area contributed by atoms with Gasteiger partial charge in [0.15, 0.2) is 0 Å². The van der Waals surface area contributed by atoms with Crippen molar-refractivity contribution in [3.63, 3.8) is 0 Å². The van der Waals surface area contributed by atoms with Gasteiger partial charge in [0.2, 0.25) is 0 Å². The van der Waals surface area contributed by atoms with Crippen molar-refractivity contribution in [3.05, 3.63) is 29.8 Å². The highest BCUT2D eigenvalue weighted by molar-refractivity contribution is 5.32. The summed E-state index contributed by atoms with van der Waals surface area (Å²) in [5.74, 6) is 1.06. The van der Waals surface area contributed by atoms with E-state index in [1.165, 1.54) is 50.5 Å². The minimum absolute atomic E-state index is 0.396. The molecule has 1 N–H and O–H groups in total. The Bertz CT molecular complexity index is 460. The molecule has 1 aromatic rings. The van der Waals surface area contributed by atoms with Crippen molar-refractivity contribution in [2.45, 2.75) is 70.9 Å². The van der Waals surface area contributed by atoms with Crippen LogP contribution in [0.4, 0.5) is 0 Å². The molecule has 21 heavy (non-hydrogen) atoms. The maximum atomic E-state index is 5.99. The Hall–Kier alpha value is -1.02. The Balaban J connectivity index is 1.80. The summed E-state index contributed by atoms with van der Waals surface area (Å²) in [6, 6.07) is 9.27. The molecule has 1 aromatic carbocycles. The molecule has 0 bridgehead atoms. The first-order valence-electron chi connectivity index (χ1n) is 8.71. The Morgan fingerprint density at radius 1 is 1.29 bits per heavy atom. The Morgan fingerprint density at radius 3 is 2.71 bits per heavy atom. The van der Waals surface area contributed by atoms with E-state index >= 15 is 0 Å². The highest BCUT2D eigenvalue weighted by Crippen LogP contribution is 2.47. The first-order chi connectivity index (χ1) is 10.2. The quantitative estimate of drug-likeness (QED) is 0.774. The van der Waals surface area contributed by atoms with Crippen LogP contribution in [0.3, 0.4) is 0 Å². The second-order valence-corrected chi connectivity index (χ2v) is 7.14. The fourth-order valence-corrected chi connectivity index (χ4v) is 3.67. The SMILES string of the molecule is CCCNC(c1cccc(OC2CC2)c1)C1(C)CCCC1. The number of hydrogen-bond donors (Lipinski definition) is 1. The molecular formula is C19H29NO. The van der Waals surface area contributed by atoms with Gasteiger partial charge in [-0.3, -0.25) is 0 Å². The maximum Gasteiger partial charge on any atom is 0.120 e. The molecule has 0 spiro atoms. The highest BCUT2D eigenvalue weighted by Gasteiger charge is 2.37. The zero-order valence-electron chi connectivity index (χ0n) is 13.5. The first-order valence-corrected chi connectivity index (χ1v) is 8.71. The molecule has 1 atom stereocenters. The van der Waals surface area contributed by atoms with E-state index < -0.39 is 0 Å². The van der Waals surface area contributed by atoms with Crippen molar-refractivity contribution in [1.82, 2.24) is 5.32 Å². The predicted molar refractivity (Wildman–Crippen MR) is 87.7 cm³/mol. The molecule has 3 rings (SSSR count). The van der Waals surface area contributed by atoms with Crippen LogP contribution in [0.15, 0.2) is 24.3 Å². The lowest BCUT2D eigenvalue weighted by Gasteiger charge is -2.35.